The molecule has 3 rings (SSSR count). The standard InChI is InChI=1S/C25H30N2O5/c1-15(2)13-22(23(28)27(4)16(3)24(29)30)26-25(31)32-14-21-19-11-7-5-9-17(19)18-10-6-8-12-20(18)21/h5-12,15-16,21-22H,13-14H2,1-4H3,(H,26,31)(H,29,30)/t16?,22-/m0/s1. The number of aliphatic carboxylic acids is 1. The summed E-state index contributed by atoms with van der Waals surface area (Å²) in [7, 11) is 1.42. The van der Waals surface area contributed by atoms with Gasteiger partial charge >= 0.3 is 12.1 Å². The number of hydrogen-bond acceptors (Lipinski definition) is 4. The molecular weight excluding hydrogens is 408 g/mol. The van der Waals surface area contributed by atoms with Crippen molar-refractivity contribution in [1.29, 1.82) is 0 Å². The quantitative estimate of drug-likeness (QED) is 0.652. The lowest BCUT2D eigenvalue weighted by Gasteiger charge is -2.28. The highest BCUT2D eigenvalue weighted by atomic mass is 16.5. The lowest BCUT2D eigenvalue weighted by molar-refractivity contribution is -0.149. The molecule has 0 saturated carbocycles. The van der Waals surface area contributed by atoms with Gasteiger partial charge in [0.15, 0.2) is 0 Å². The predicted octanol–water partition coefficient (Wildman–Crippen LogP) is 3.87. The Kier molecular flexibility index (Phi) is 7.18. The third kappa shape index (κ3) is 4.93. The van der Waals surface area contributed by atoms with Crippen LogP contribution in [-0.2, 0) is 14.3 Å². The van der Waals surface area contributed by atoms with Gasteiger partial charge in [0, 0.05) is 13.0 Å². The number of carboxylic acid groups (broad SMARTS) is 1. The average molecular weight is 439 g/mol. The molecule has 0 aromatic heterocycles. The number of carbonyl (C=O) groups is 3. The molecule has 1 unspecified atom stereocenters. The molecule has 2 atom stereocenters. The first-order valence-electron chi connectivity index (χ1n) is 10.8. The van der Waals surface area contributed by atoms with Crippen molar-refractivity contribution in [2.75, 3.05) is 13.7 Å². The first-order chi connectivity index (χ1) is 15.2. The van der Waals surface area contributed by atoms with Gasteiger partial charge in [0.2, 0.25) is 5.91 Å². The van der Waals surface area contributed by atoms with Crippen LogP contribution in [0.4, 0.5) is 4.79 Å². The average Bonchev–Trinajstić information content (AvgIpc) is 3.09. The van der Waals surface area contributed by atoms with Crippen LogP contribution in [-0.4, -0.2) is 53.7 Å². The number of nitrogens with zero attached hydrogens (tertiary/aromatic N) is 1. The number of rotatable bonds is 8. The molecule has 2 amide bonds. The van der Waals surface area contributed by atoms with Crippen LogP contribution in [0.25, 0.3) is 11.1 Å². The minimum absolute atomic E-state index is 0.0814. The molecule has 2 aromatic carbocycles. The van der Waals surface area contributed by atoms with E-state index in [0.29, 0.717) is 6.42 Å². The molecule has 0 fully saturated rings. The number of alkyl carbamates (subject to hydrolysis) is 1. The van der Waals surface area contributed by atoms with Gasteiger partial charge in [-0.15, -0.1) is 0 Å². The predicted molar refractivity (Wildman–Crippen MR) is 121 cm³/mol. The van der Waals surface area contributed by atoms with Gasteiger partial charge in [-0.05, 0) is 41.5 Å². The number of carboxylic acids is 1. The molecule has 2 N–H and O–H groups in total. The van der Waals surface area contributed by atoms with E-state index in [1.165, 1.54) is 14.0 Å². The summed E-state index contributed by atoms with van der Waals surface area (Å²) in [6.45, 7) is 5.43. The van der Waals surface area contributed by atoms with Gasteiger partial charge in [0.1, 0.15) is 18.7 Å². The third-order valence-corrected chi connectivity index (χ3v) is 5.93. The fourth-order valence-corrected chi connectivity index (χ4v) is 4.08. The Balaban J connectivity index is 1.69. The second kappa shape index (κ2) is 9.85. The molecule has 0 spiro atoms. The Bertz CT molecular complexity index is 958. The van der Waals surface area contributed by atoms with Crippen LogP contribution in [0.5, 0.6) is 0 Å². The van der Waals surface area contributed by atoms with Crippen LogP contribution >= 0.6 is 0 Å². The second-order valence-electron chi connectivity index (χ2n) is 8.62. The highest BCUT2D eigenvalue weighted by molar-refractivity contribution is 5.89. The number of amides is 2. The molecule has 0 aliphatic heterocycles. The van der Waals surface area contributed by atoms with Gasteiger partial charge in [-0.1, -0.05) is 62.4 Å². The molecule has 0 heterocycles. The Morgan fingerprint density at radius 3 is 2.03 bits per heavy atom. The number of ether oxygens (including phenoxy) is 1. The number of carbonyl (C=O) groups excluding carboxylic acids is 2. The number of fused-ring (bicyclic) bond motifs is 3. The highest BCUT2D eigenvalue weighted by Gasteiger charge is 2.32. The summed E-state index contributed by atoms with van der Waals surface area (Å²) >= 11 is 0. The molecule has 0 bridgehead atoms. The molecule has 7 heteroatoms. The van der Waals surface area contributed by atoms with Crippen molar-refractivity contribution in [2.24, 2.45) is 5.92 Å². The first kappa shape index (κ1) is 23.3. The minimum atomic E-state index is -1.11. The molecule has 2 aromatic rings. The topological polar surface area (TPSA) is 95.9 Å². The van der Waals surface area contributed by atoms with E-state index < -0.39 is 30.1 Å². The Labute approximate surface area is 188 Å². The van der Waals surface area contributed by atoms with E-state index in [1.807, 2.05) is 50.2 Å². The van der Waals surface area contributed by atoms with Gasteiger partial charge in [-0.25, -0.2) is 9.59 Å². The molecule has 32 heavy (non-hydrogen) atoms. The summed E-state index contributed by atoms with van der Waals surface area (Å²) in [6.07, 6.45) is -0.318. The Morgan fingerprint density at radius 2 is 1.53 bits per heavy atom. The summed E-state index contributed by atoms with van der Waals surface area (Å²) < 4.78 is 5.55. The number of hydrogen-bond donors (Lipinski definition) is 2. The van der Waals surface area contributed by atoms with Crippen LogP contribution in [0.2, 0.25) is 0 Å². The van der Waals surface area contributed by atoms with Gasteiger partial charge in [0.05, 0.1) is 0 Å². The maximum atomic E-state index is 12.8. The molecule has 1 aliphatic rings. The fraction of sp³-hybridized carbons (Fsp3) is 0.400. The van der Waals surface area contributed by atoms with Crippen molar-refractivity contribution in [3.05, 3.63) is 59.7 Å². The smallest absolute Gasteiger partial charge is 0.407 e. The SMILES string of the molecule is CC(C)C[C@H](NC(=O)OCC1c2ccccc2-c2ccccc21)C(=O)N(C)C(C)C(=O)O. The zero-order valence-corrected chi connectivity index (χ0v) is 18.9. The van der Waals surface area contributed by atoms with Gasteiger partial charge < -0.3 is 20.1 Å². The van der Waals surface area contributed by atoms with E-state index in [2.05, 4.69) is 17.4 Å². The minimum Gasteiger partial charge on any atom is -0.480 e. The molecular formula is C25H30N2O5. The normalized spacial score (nSPS) is 14.3. The van der Waals surface area contributed by atoms with Crippen molar-refractivity contribution in [1.82, 2.24) is 10.2 Å². The highest BCUT2D eigenvalue weighted by Crippen LogP contribution is 2.44. The number of benzene rings is 2. The number of nitrogens with one attached hydrogen (secondary N) is 1. The Hall–Kier alpha value is -3.35. The summed E-state index contributed by atoms with van der Waals surface area (Å²) in [6, 6.07) is 14.2. The monoisotopic (exact) mass is 438 g/mol. The van der Waals surface area contributed by atoms with E-state index in [0.717, 1.165) is 27.2 Å². The van der Waals surface area contributed by atoms with Crippen molar-refractivity contribution >= 4 is 18.0 Å². The van der Waals surface area contributed by atoms with Crippen LogP contribution in [0.1, 0.15) is 44.2 Å². The lowest BCUT2D eigenvalue weighted by Crippen LogP contribution is -2.52. The van der Waals surface area contributed by atoms with Crippen LogP contribution < -0.4 is 5.32 Å². The van der Waals surface area contributed by atoms with E-state index >= 15 is 0 Å². The van der Waals surface area contributed by atoms with Crippen molar-refractivity contribution in [2.45, 2.75) is 45.2 Å². The fourth-order valence-electron chi connectivity index (χ4n) is 4.08. The van der Waals surface area contributed by atoms with E-state index in [9.17, 15) is 19.5 Å². The summed E-state index contributed by atoms with van der Waals surface area (Å²) in [5.41, 5.74) is 4.47. The largest absolute Gasteiger partial charge is 0.480 e. The third-order valence-electron chi connectivity index (χ3n) is 5.93. The maximum Gasteiger partial charge on any atom is 0.407 e. The summed E-state index contributed by atoms with van der Waals surface area (Å²) in [5.74, 6) is -1.53. The van der Waals surface area contributed by atoms with Gasteiger partial charge in [0.25, 0.3) is 0 Å². The second-order valence-corrected chi connectivity index (χ2v) is 8.62. The zero-order chi connectivity index (χ0) is 23.4. The van der Waals surface area contributed by atoms with Crippen LogP contribution in [0.15, 0.2) is 48.5 Å². The van der Waals surface area contributed by atoms with Gasteiger partial charge in [-0.2, -0.15) is 0 Å². The molecule has 7 nitrogen and oxygen atoms in total. The van der Waals surface area contributed by atoms with Crippen LogP contribution in [0.3, 0.4) is 0 Å². The van der Waals surface area contributed by atoms with Crippen molar-refractivity contribution in [3.8, 4) is 11.1 Å². The van der Waals surface area contributed by atoms with Crippen molar-refractivity contribution in [3.63, 3.8) is 0 Å². The maximum absolute atomic E-state index is 12.8. The zero-order valence-electron chi connectivity index (χ0n) is 18.9. The Morgan fingerprint density at radius 1 is 1.00 bits per heavy atom. The summed E-state index contributed by atoms with van der Waals surface area (Å²) in [5, 5.41) is 11.9. The molecule has 1 aliphatic carbocycles. The molecule has 170 valence electrons. The molecule has 0 saturated heterocycles. The van der Waals surface area contributed by atoms with E-state index in [1.54, 1.807) is 0 Å². The van der Waals surface area contributed by atoms with Gasteiger partial charge in [-0.3, -0.25) is 4.79 Å². The number of likely N-dealkylation sites (N-methyl/N-ethyl adjacent to an activating group) is 1. The lowest BCUT2D eigenvalue weighted by atomic mass is 9.98. The van der Waals surface area contributed by atoms with Crippen LogP contribution in [0, 0.1) is 5.92 Å². The first-order valence-corrected chi connectivity index (χ1v) is 10.8. The van der Waals surface area contributed by atoms with E-state index in [-0.39, 0.29) is 18.4 Å². The summed E-state index contributed by atoms with van der Waals surface area (Å²) in [4.78, 5) is 37.9. The van der Waals surface area contributed by atoms with Crippen molar-refractivity contribution < 1.29 is 24.2 Å². The molecule has 0 radical (unpaired) electrons. The van der Waals surface area contributed by atoms with E-state index in [4.69, 9.17) is 4.74 Å².